The third kappa shape index (κ3) is 3.94. The zero-order valence-corrected chi connectivity index (χ0v) is 14.6. The number of carboxylic acid groups (broad SMARTS) is 2. The molecule has 8 heteroatoms. The van der Waals surface area contributed by atoms with E-state index in [-0.39, 0.29) is 11.5 Å². The second kappa shape index (κ2) is 5.56. The molecule has 0 spiro atoms. The summed E-state index contributed by atoms with van der Waals surface area (Å²) in [6, 6.07) is -1.37. The molecule has 0 aromatic carbocycles. The molecule has 0 aliphatic carbocycles. The van der Waals surface area contributed by atoms with Gasteiger partial charge in [-0.05, 0) is 18.9 Å². The van der Waals surface area contributed by atoms with Gasteiger partial charge in [-0.1, -0.05) is 20.8 Å². The van der Waals surface area contributed by atoms with Crippen molar-refractivity contribution in [2.45, 2.75) is 63.4 Å². The number of carboxylic acids is 1. The molecule has 1 aliphatic rings. The summed E-state index contributed by atoms with van der Waals surface area (Å²) in [5.41, 5.74) is -3.23. The predicted octanol–water partition coefficient (Wildman–Crippen LogP) is 1.63. The smallest absolute Gasteiger partial charge is 0.408 e. The highest BCUT2D eigenvalue weighted by Gasteiger charge is 2.58. The van der Waals surface area contributed by atoms with Crippen LogP contribution in [0.25, 0.3) is 0 Å². The lowest BCUT2D eigenvalue weighted by Gasteiger charge is -2.39. The van der Waals surface area contributed by atoms with Gasteiger partial charge in [-0.2, -0.15) is 0 Å². The standard InChI is InChI=1S/C13H24FNO5Si/c1-11(2,3)21-20-12(4,5)13(14)6-8(9(16)17)15(7-13)10(18)19/h8H,6-7,21H2,1-5H3,(H,16,17)(H,18,19)/t8-,13+/m0/s1. The average molecular weight is 321 g/mol. The zero-order valence-electron chi connectivity index (χ0n) is 13.1. The van der Waals surface area contributed by atoms with Crippen molar-refractivity contribution in [1.29, 1.82) is 0 Å². The summed E-state index contributed by atoms with van der Waals surface area (Å²) in [5.74, 6) is -1.33. The van der Waals surface area contributed by atoms with Crippen LogP contribution in [0.3, 0.4) is 0 Å². The van der Waals surface area contributed by atoms with E-state index in [4.69, 9.17) is 14.6 Å². The summed E-state index contributed by atoms with van der Waals surface area (Å²) < 4.78 is 21.0. The van der Waals surface area contributed by atoms with Gasteiger partial charge in [-0.15, -0.1) is 0 Å². The lowest BCUT2D eigenvalue weighted by molar-refractivity contribution is -0.141. The van der Waals surface area contributed by atoms with E-state index in [9.17, 15) is 9.59 Å². The molecule has 0 unspecified atom stereocenters. The highest BCUT2D eigenvalue weighted by atomic mass is 28.2. The van der Waals surface area contributed by atoms with E-state index in [0.717, 1.165) is 0 Å². The van der Waals surface area contributed by atoms with Crippen LogP contribution in [0.4, 0.5) is 9.18 Å². The Balaban J connectivity index is 2.95. The molecule has 0 aromatic rings. The molecule has 122 valence electrons. The van der Waals surface area contributed by atoms with Crippen LogP contribution < -0.4 is 0 Å². The molecule has 1 fully saturated rings. The van der Waals surface area contributed by atoms with E-state index < -0.39 is 45.7 Å². The Morgan fingerprint density at radius 1 is 1.29 bits per heavy atom. The lowest BCUT2D eigenvalue weighted by Crippen LogP contribution is -2.52. The van der Waals surface area contributed by atoms with Crippen LogP contribution in [-0.4, -0.2) is 60.8 Å². The number of halogens is 1. The summed E-state index contributed by atoms with van der Waals surface area (Å²) in [7, 11) is -1.05. The Bertz CT molecular complexity index is 413. The first-order valence-electron chi connectivity index (χ1n) is 6.84. The summed E-state index contributed by atoms with van der Waals surface area (Å²) in [6.07, 6.45) is -1.81. The number of nitrogens with zero attached hydrogens (tertiary/aromatic N) is 1. The minimum atomic E-state index is -2.01. The number of rotatable bonds is 4. The van der Waals surface area contributed by atoms with Crippen molar-refractivity contribution < 1.29 is 28.6 Å². The maximum atomic E-state index is 15.2. The zero-order chi connectivity index (χ0) is 16.6. The Hall–Kier alpha value is -1.15. The number of alkyl halides is 1. The summed E-state index contributed by atoms with van der Waals surface area (Å²) in [5, 5.41) is 18.1. The van der Waals surface area contributed by atoms with Gasteiger partial charge in [-0.3, -0.25) is 4.90 Å². The number of likely N-dealkylation sites (tertiary alicyclic amines) is 1. The van der Waals surface area contributed by atoms with Gasteiger partial charge in [0.1, 0.15) is 6.04 Å². The van der Waals surface area contributed by atoms with Gasteiger partial charge in [0.25, 0.3) is 0 Å². The summed E-state index contributed by atoms with van der Waals surface area (Å²) in [6.45, 7) is 8.65. The summed E-state index contributed by atoms with van der Waals surface area (Å²) in [4.78, 5) is 22.9. The van der Waals surface area contributed by atoms with Crippen LogP contribution >= 0.6 is 0 Å². The third-order valence-electron chi connectivity index (χ3n) is 3.79. The number of hydrogen-bond acceptors (Lipinski definition) is 3. The van der Waals surface area contributed by atoms with Gasteiger partial charge in [0.2, 0.25) is 0 Å². The normalized spacial score (nSPS) is 27.5. The minimum absolute atomic E-state index is 0.0368. The first-order chi connectivity index (χ1) is 9.29. The average Bonchev–Trinajstić information content (AvgIpc) is 2.66. The molecular weight excluding hydrogens is 297 g/mol. The van der Waals surface area contributed by atoms with Crippen LogP contribution in [-0.2, 0) is 9.22 Å². The van der Waals surface area contributed by atoms with Crippen molar-refractivity contribution >= 4 is 21.8 Å². The van der Waals surface area contributed by atoms with Gasteiger partial charge in [0, 0.05) is 6.42 Å². The molecule has 1 rings (SSSR count). The first kappa shape index (κ1) is 17.9. The largest absolute Gasteiger partial charge is 0.480 e. The maximum absolute atomic E-state index is 15.2. The molecule has 6 nitrogen and oxygen atoms in total. The number of amides is 1. The van der Waals surface area contributed by atoms with Crippen LogP contribution in [0.15, 0.2) is 0 Å². The van der Waals surface area contributed by atoms with E-state index >= 15 is 4.39 Å². The molecule has 1 amide bonds. The molecule has 2 N–H and O–H groups in total. The van der Waals surface area contributed by atoms with Crippen LogP contribution in [0.1, 0.15) is 41.0 Å². The monoisotopic (exact) mass is 321 g/mol. The number of aliphatic carboxylic acids is 1. The van der Waals surface area contributed by atoms with Crippen LogP contribution in [0, 0.1) is 0 Å². The van der Waals surface area contributed by atoms with Gasteiger partial charge in [0.05, 0.1) is 12.1 Å². The molecular formula is C13H24FNO5Si. The van der Waals surface area contributed by atoms with Crippen molar-refractivity contribution in [3.8, 4) is 0 Å². The number of hydrogen-bond donors (Lipinski definition) is 2. The second-order valence-corrected chi connectivity index (χ2v) is 9.99. The molecule has 0 bridgehead atoms. The highest BCUT2D eigenvalue weighted by Crippen LogP contribution is 2.42. The van der Waals surface area contributed by atoms with Crippen LogP contribution in [0.2, 0.25) is 5.04 Å². The Morgan fingerprint density at radius 3 is 2.14 bits per heavy atom. The van der Waals surface area contributed by atoms with Crippen molar-refractivity contribution in [3.05, 3.63) is 0 Å². The van der Waals surface area contributed by atoms with E-state index in [1.54, 1.807) is 13.8 Å². The first-order valence-corrected chi connectivity index (χ1v) is 8.13. The molecule has 0 radical (unpaired) electrons. The van der Waals surface area contributed by atoms with Gasteiger partial charge >= 0.3 is 12.1 Å². The molecule has 0 aromatic heterocycles. The van der Waals surface area contributed by atoms with Gasteiger partial charge in [0.15, 0.2) is 15.4 Å². The second-order valence-electron chi connectivity index (χ2n) is 7.29. The maximum Gasteiger partial charge on any atom is 0.408 e. The fourth-order valence-corrected chi connectivity index (χ4v) is 3.30. The fraction of sp³-hybridized carbons (Fsp3) is 0.846. The van der Waals surface area contributed by atoms with E-state index in [1.807, 2.05) is 20.8 Å². The fourth-order valence-electron chi connectivity index (χ4n) is 2.25. The molecule has 21 heavy (non-hydrogen) atoms. The van der Waals surface area contributed by atoms with Crippen molar-refractivity contribution in [2.24, 2.45) is 0 Å². The van der Waals surface area contributed by atoms with E-state index in [1.165, 1.54) is 0 Å². The molecule has 1 saturated heterocycles. The third-order valence-corrected chi connectivity index (χ3v) is 5.52. The van der Waals surface area contributed by atoms with Crippen LogP contribution in [0.5, 0.6) is 0 Å². The SMILES string of the molecule is CC(C)(C)[SiH2]OC(C)(C)[C@@]1(F)C[C@@H](C(=O)O)N(C(=O)O)C1. The van der Waals surface area contributed by atoms with Crippen molar-refractivity contribution in [1.82, 2.24) is 4.90 Å². The van der Waals surface area contributed by atoms with Crippen molar-refractivity contribution in [2.75, 3.05) is 6.54 Å². The molecule has 1 heterocycles. The number of carbonyl (C=O) groups is 2. The van der Waals surface area contributed by atoms with Gasteiger partial charge < -0.3 is 14.6 Å². The quantitative estimate of drug-likeness (QED) is 0.769. The Morgan fingerprint density at radius 2 is 1.81 bits per heavy atom. The minimum Gasteiger partial charge on any atom is -0.480 e. The molecule has 1 aliphatic heterocycles. The predicted molar refractivity (Wildman–Crippen MR) is 78.0 cm³/mol. The van der Waals surface area contributed by atoms with Crippen molar-refractivity contribution in [3.63, 3.8) is 0 Å². The molecule has 0 saturated carbocycles. The Kier molecular flexibility index (Phi) is 4.74. The van der Waals surface area contributed by atoms with E-state index in [0.29, 0.717) is 4.90 Å². The Labute approximate surface area is 126 Å². The lowest BCUT2D eigenvalue weighted by atomic mass is 9.85. The summed E-state index contributed by atoms with van der Waals surface area (Å²) >= 11 is 0. The highest BCUT2D eigenvalue weighted by molar-refractivity contribution is 6.31. The topological polar surface area (TPSA) is 87.1 Å². The van der Waals surface area contributed by atoms with Gasteiger partial charge in [-0.25, -0.2) is 14.0 Å². The van der Waals surface area contributed by atoms with E-state index in [2.05, 4.69) is 0 Å². The molecule has 2 atom stereocenters.